The van der Waals surface area contributed by atoms with Crippen molar-refractivity contribution < 1.29 is 17.9 Å². The highest BCUT2D eigenvalue weighted by atomic mass is 32.2. The van der Waals surface area contributed by atoms with Gasteiger partial charge in [-0.1, -0.05) is 11.2 Å². The molecule has 11 heteroatoms. The van der Waals surface area contributed by atoms with E-state index in [0.29, 0.717) is 30.4 Å². The van der Waals surface area contributed by atoms with Crippen molar-refractivity contribution in [1.29, 1.82) is 0 Å². The number of nitrogens with two attached hydrogens (primary N) is 1. The molecule has 0 unspecified atom stereocenters. The number of aromatic nitrogens is 2. The molecule has 1 aliphatic rings. The number of primary sulfonamides is 1. The molecule has 2 N–H and O–H groups in total. The number of hydrogen-bond donors (Lipinski definition) is 1. The van der Waals surface area contributed by atoms with Crippen molar-refractivity contribution in [3.05, 3.63) is 64.0 Å². The summed E-state index contributed by atoms with van der Waals surface area (Å²) < 4.78 is 28.5. The average Bonchev–Trinajstić information content (AvgIpc) is 3.28. The Morgan fingerprint density at radius 1 is 1.21 bits per heavy atom. The summed E-state index contributed by atoms with van der Waals surface area (Å²) in [6.45, 7) is 0.986. The summed E-state index contributed by atoms with van der Waals surface area (Å²) in [6.07, 6.45) is 0.767. The van der Waals surface area contributed by atoms with Gasteiger partial charge in [0.2, 0.25) is 21.7 Å². The van der Waals surface area contributed by atoms with Crippen molar-refractivity contribution in [3.8, 4) is 11.4 Å². The van der Waals surface area contributed by atoms with E-state index >= 15 is 0 Å². The van der Waals surface area contributed by atoms with E-state index in [2.05, 4.69) is 10.1 Å². The van der Waals surface area contributed by atoms with Crippen LogP contribution in [0.25, 0.3) is 11.4 Å². The molecule has 0 bridgehead atoms. The SMILES string of the molecule is NS(=O)(=O)c1ccc2c(c1)N(Cc1nc(-c3ccc([N+](=O)[O-])cc3)no1)CC2. The second-order valence-corrected chi connectivity index (χ2v) is 7.88. The Bertz CT molecular complexity index is 1160. The first kappa shape index (κ1) is 18.1. The molecule has 0 atom stereocenters. The standard InChI is InChI=1S/C17H15N5O5S/c18-28(25,26)14-6-3-11-7-8-21(15(11)9-14)10-16-19-17(20-27-16)12-1-4-13(5-2-12)22(23)24/h1-6,9H,7-8,10H2,(H2,18,25,26). The topological polar surface area (TPSA) is 145 Å². The van der Waals surface area contributed by atoms with Gasteiger partial charge in [0.05, 0.1) is 16.4 Å². The van der Waals surface area contributed by atoms with Crippen LogP contribution in [0.3, 0.4) is 0 Å². The number of benzene rings is 2. The van der Waals surface area contributed by atoms with E-state index in [9.17, 15) is 18.5 Å². The fourth-order valence-corrected chi connectivity index (χ4v) is 3.63. The number of nitro groups is 1. The molecule has 0 amide bonds. The van der Waals surface area contributed by atoms with Crippen LogP contribution in [-0.2, 0) is 23.0 Å². The summed E-state index contributed by atoms with van der Waals surface area (Å²) in [5.41, 5.74) is 2.36. The number of nitrogens with zero attached hydrogens (tertiary/aromatic N) is 4. The predicted molar refractivity (Wildman–Crippen MR) is 99.0 cm³/mol. The van der Waals surface area contributed by atoms with Crippen molar-refractivity contribution in [3.63, 3.8) is 0 Å². The molecule has 10 nitrogen and oxygen atoms in total. The zero-order valence-corrected chi connectivity index (χ0v) is 15.3. The minimum atomic E-state index is -3.79. The van der Waals surface area contributed by atoms with Crippen LogP contribution in [0.1, 0.15) is 11.5 Å². The molecule has 0 saturated heterocycles. The Kier molecular flexibility index (Phi) is 4.32. The fourth-order valence-electron chi connectivity index (χ4n) is 3.10. The summed E-state index contributed by atoms with van der Waals surface area (Å²) in [7, 11) is -3.79. The van der Waals surface area contributed by atoms with Gasteiger partial charge in [0, 0.05) is 29.9 Å². The molecule has 0 spiro atoms. The lowest BCUT2D eigenvalue weighted by Gasteiger charge is -2.17. The lowest BCUT2D eigenvalue weighted by Crippen LogP contribution is -2.20. The van der Waals surface area contributed by atoms with Crippen LogP contribution in [0.2, 0.25) is 0 Å². The fraction of sp³-hybridized carbons (Fsp3) is 0.176. The first-order valence-corrected chi connectivity index (χ1v) is 9.84. The van der Waals surface area contributed by atoms with Gasteiger partial charge >= 0.3 is 0 Å². The van der Waals surface area contributed by atoms with Gasteiger partial charge < -0.3 is 9.42 Å². The lowest BCUT2D eigenvalue weighted by atomic mass is 10.2. The zero-order valence-electron chi connectivity index (χ0n) is 14.5. The van der Waals surface area contributed by atoms with Crippen molar-refractivity contribution in [2.75, 3.05) is 11.4 Å². The van der Waals surface area contributed by atoms with E-state index in [4.69, 9.17) is 9.66 Å². The maximum absolute atomic E-state index is 11.6. The largest absolute Gasteiger partial charge is 0.362 e. The molecule has 28 heavy (non-hydrogen) atoms. The van der Waals surface area contributed by atoms with Crippen LogP contribution in [0.5, 0.6) is 0 Å². The summed E-state index contributed by atoms with van der Waals surface area (Å²) >= 11 is 0. The minimum Gasteiger partial charge on any atom is -0.362 e. The van der Waals surface area contributed by atoms with E-state index in [1.807, 2.05) is 4.90 Å². The first-order chi connectivity index (χ1) is 13.3. The van der Waals surface area contributed by atoms with Crippen LogP contribution in [0, 0.1) is 10.1 Å². The molecule has 0 radical (unpaired) electrons. The van der Waals surface area contributed by atoms with E-state index < -0.39 is 14.9 Å². The predicted octanol–water partition coefficient (Wildman–Crippen LogP) is 1.85. The van der Waals surface area contributed by atoms with E-state index in [1.54, 1.807) is 24.3 Å². The molecular weight excluding hydrogens is 386 g/mol. The molecule has 2 aromatic carbocycles. The Labute approximate surface area is 159 Å². The maximum atomic E-state index is 11.6. The van der Waals surface area contributed by atoms with Gasteiger partial charge in [-0.15, -0.1) is 0 Å². The third-order valence-electron chi connectivity index (χ3n) is 4.51. The quantitative estimate of drug-likeness (QED) is 0.503. The third kappa shape index (κ3) is 3.44. The summed E-state index contributed by atoms with van der Waals surface area (Å²) in [6, 6.07) is 10.6. The van der Waals surface area contributed by atoms with Gasteiger partial charge in [-0.3, -0.25) is 10.1 Å². The van der Waals surface area contributed by atoms with E-state index in [0.717, 1.165) is 17.7 Å². The minimum absolute atomic E-state index is 0.0215. The molecule has 144 valence electrons. The van der Waals surface area contributed by atoms with Gasteiger partial charge in [-0.25, -0.2) is 13.6 Å². The highest BCUT2D eigenvalue weighted by molar-refractivity contribution is 7.89. The number of fused-ring (bicyclic) bond motifs is 1. The Balaban J connectivity index is 1.55. The van der Waals surface area contributed by atoms with Crippen LogP contribution in [0.15, 0.2) is 51.9 Å². The van der Waals surface area contributed by atoms with Gasteiger partial charge in [-0.2, -0.15) is 4.98 Å². The van der Waals surface area contributed by atoms with Gasteiger partial charge in [0.25, 0.3) is 5.69 Å². The third-order valence-corrected chi connectivity index (χ3v) is 5.42. The summed E-state index contributed by atoms with van der Waals surface area (Å²) in [4.78, 5) is 16.6. The lowest BCUT2D eigenvalue weighted by molar-refractivity contribution is -0.384. The number of anilines is 1. The van der Waals surface area contributed by atoms with Crippen molar-refractivity contribution in [2.45, 2.75) is 17.9 Å². The highest BCUT2D eigenvalue weighted by Crippen LogP contribution is 2.31. The number of nitro benzene ring substituents is 1. The second-order valence-electron chi connectivity index (χ2n) is 6.32. The molecule has 0 saturated carbocycles. The number of rotatable bonds is 5. The van der Waals surface area contributed by atoms with E-state index in [1.165, 1.54) is 18.2 Å². The van der Waals surface area contributed by atoms with Crippen molar-refractivity contribution in [1.82, 2.24) is 10.1 Å². The molecule has 1 aliphatic heterocycles. The van der Waals surface area contributed by atoms with Gasteiger partial charge in [0.1, 0.15) is 0 Å². The molecule has 0 aliphatic carbocycles. The van der Waals surface area contributed by atoms with Crippen LogP contribution >= 0.6 is 0 Å². The molecule has 2 heterocycles. The summed E-state index contributed by atoms with van der Waals surface area (Å²) in [5.74, 6) is 0.671. The van der Waals surface area contributed by atoms with Crippen LogP contribution in [0.4, 0.5) is 11.4 Å². The molecule has 4 rings (SSSR count). The Hall–Kier alpha value is -3.31. The zero-order chi connectivity index (χ0) is 19.9. The maximum Gasteiger partial charge on any atom is 0.269 e. The first-order valence-electron chi connectivity index (χ1n) is 8.29. The molecule has 3 aromatic rings. The highest BCUT2D eigenvalue weighted by Gasteiger charge is 2.23. The van der Waals surface area contributed by atoms with Crippen LogP contribution in [-0.4, -0.2) is 30.0 Å². The number of sulfonamides is 1. The number of non-ortho nitro benzene ring substituents is 1. The van der Waals surface area contributed by atoms with Gasteiger partial charge in [0.15, 0.2) is 0 Å². The summed E-state index contributed by atoms with van der Waals surface area (Å²) in [5, 5.41) is 19.9. The van der Waals surface area contributed by atoms with Crippen molar-refractivity contribution >= 4 is 21.4 Å². The molecule has 1 aromatic heterocycles. The number of hydrogen-bond acceptors (Lipinski definition) is 8. The van der Waals surface area contributed by atoms with E-state index in [-0.39, 0.29) is 10.6 Å². The Morgan fingerprint density at radius 3 is 2.64 bits per heavy atom. The molecule has 0 fully saturated rings. The van der Waals surface area contributed by atoms with Gasteiger partial charge in [-0.05, 0) is 36.2 Å². The Morgan fingerprint density at radius 2 is 1.96 bits per heavy atom. The van der Waals surface area contributed by atoms with Crippen molar-refractivity contribution in [2.24, 2.45) is 5.14 Å². The smallest absolute Gasteiger partial charge is 0.269 e. The average molecular weight is 401 g/mol. The van der Waals surface area contributed by atoms with Crippen LogP contribution < -0.4 is 10.0 Å². The second kappa shape index (κ2) is 6.69. The molecular formula is C17H15N5O5S. The normalized spacial score (nSPS) is 13.5. The monoisotopic (exact) mass is 401 g/mol.